The molecule has 0 aromatic carbocycles. The van der Waals surface area contributed by atoms with E-state index in [0.29, 0.717) is 0 Å². The molecule has 2 fully saturated rings. The lowest BCUT2D eigenvalue weighted by Crippen LogP contribution is -3.00. The van der Waals surface area contributed by atoms with Gasteiger partial charge in [0.15, 0.2) is 0 Å². The lowest BCUT2D eigenvalue weighted by atomic mass is 9.77. The summed E-state index contributed by atoms with van der Waals surface area (Å²) in [7, 11) is 9.45. The van der Waals surface area contributed by atoms with E-state index in [9.17, 15) is 0 Å². The van der Waals surface area contributed by atoms with E-state index in [4.69, 9.17) is 0 Å². The zero-order valence-corrected chi connectivity index (χ0v) is 16.8. The van der Waals surface area contributed by atoms with Crippen molar-refractivity contribution in [3.8, 4) is 0 Å². The Morgan fingerprint density at radius 3 is 1.94 bits per heavy atom. The Balaban J connectivity index is 0.00000144. The van der Waals surface area contributed by atoms with E-state index in [0.717, 1.165) is 16.3 Å². The summed E-state index contributed by atoms with van der Waals surface area (Å²) in [6.07, 6.45) is 6.06. The molecular weight excluding hydrogens is 450 g/mol. The fraction of sp³-hybridized carbons (Fsp3) is 1.00. The first-order valence-corrected chi connectivity index (χ1v) is 7.00. The van der Waals surface area contributed by atoms with Gasteiger partial charge in [0.05, 0.1) is 41.3 Å². The summed E-state index contributed by atoms with van der Waals surface area (Å²) < 4.78 is 2.47. The minimum absolute atomic E-state index is 0. The monoisotopic (exact) mass is 480 g/mol. The molecule has 2 bridgehead atoms. The molecule has 2 atom stereocenters. The number of likely N-dealkylation sites (tertiary alicyclic amines) is 1. The third-order valence-electron chi connectivity index (χ3n) is 4.60. The van der Waals surface area contributed by atoms with Crippen molar-refractivity contribution in [2.24, 2.45) is 11.8 Å². The normalized spacial score (nSPS) is 35.3. The van der Waals surface area contributed by atoms with Gasteiger partial charge in [-0.1, -0.05) is 6.42 Å². The van der Waals surface area contributed by atoms with Crippen LogP contribution in [0.5, 0.6) is 0 Å². The zero-order valence-electron chi connectivity index (χ0n) is 12.5. The van der Waals surface area contributed by atoms with Gasteiger partial charge in [-0.15, -0.1) is 0 Å². The first-order valence-electron chi connectivity index (χ1n) is 7.00. The molecular formula is C14H30I2N2. The minimum Gasteiger partial charge on any atom is -1.00 e. The second kappa shape index (κ2) is 7.41. The molecule has 0 radical (unpaired) electrons. The van der Waals surface area contributed by atoms with Gasteiger partial charge in [0.1, 0.15) is 13.1 Å². The molecule has 0 amide bonds. The summed E-state index contributed by atoms with van der Waals surface area (Å²) in [5, 5.41) is 0. The molecule has 1 saturated carbocycles. The summed E-state index contributed by atoms with van der Waals surface area (Å²) >= 11 is 0. The third kappa shape index (κ3) is 5.79. The Hall–Kier alpha value is 1.38. The van der Waals surface area contributed by atoms with E-state index in [2.05, 4.69) is 28.2 Å². The van der Waals surface area contributed by atoms with Gasteiger partial charge < -0.3 is 56.9 Å². The lowest BCUT2D eigenvalue weighted by molar-refractivity contribution is -0.956. The summed E-state index contributed by atoms with van der Waals surface area (Å²) in [6, 6.07) is 0. The molecule has 1 saturated heterocycles. The van der Waals surface area contributed by atoms with Crippen molar-refractivity contribution >= 4 is 0 Å². The molecule has 1 aliphatic carbocycles. The molecule has 1 heterocycles. The van der Waals surface area contributed by atoms with Crippen molar-refractivity contribution in [3.05, 3.63) is 0 Å². The van der Waals surface area contributed by atoms with E-state index in [-0.39, 0.29) is 48.0 Å². The molecule has 1 aliphatic heterocycles. The smallest absolute Gasteiger partial charge is 0.128 e. The molecule has 2 aliphatic rings. The van der Waals surface area contributed by atoms with E-state index in [1.54, 1.807) is 0 Å². The minimum atomic E-state index is 0. The highest BCUT2D eigenvalue weighted by molar-refractivity contribution is 4.77. The van der Waals surface area contributed by atoms with Crippen LogP contribution >= 0.6 is 0 Å². The molecule has 0 spiro atoms. The second-order valence-electron chi connectivity index (χ2n) is 7.62. The number of hydrogen-bond donors (Lipinski definition) is 0. The number of quaternary nitrogens is 2. The predicted octanol–water partition coefficient (Wildman–Crippen LogP) is -4.03. The van der Waals surface area contributed by atoms with Crippen LogP contribution in [0.25, 0.3) is 0 Å². The summed E-state index contributed by atoms with van der Waals surface area (Å²) in [5.74, 6) is 2.09. The molecule has 4 heteroatoms. The van der Waals surface area contributed by atoms with Gasteiger partial charge in [-0.25, -0.2) is 0 Å². The average molecular weight is 480 g/mol. The Morgan fingerprint density at radius 2 is 1.50 bits per heavy atom. The van der Waals surface area contributed by atoms with Crippen molar-refractivity contribution in [2.45, 2.75) is 25.7 Å². The Morgan fingerprint density at radius 1 is 1.00 bits per heavy atom. The highest BCUT2D eigenvalue weighted by Crippen LogP contribution is 2.36. The van der Waals surface area contributed by atoms with Crippen LogP contribution in [0.4, 0.5) is 0 Å². The number of rotatable bonds is 3. The van der Waals surface area contributed by atoms with Crippen LogP contribution in [0.1, 0.15) is 25.7 Å². The van der Waals surface area contributed by atoms with Crippen LogP contribution in [0.2, 0.25) is 0 Å². The van der Waals surface area contributed by atoms with Crippen LogP contribution in [0.15, 0.2) is 0 Å². The van der Waals surface area contributed by atoms with E-state index >= 15 is 0 Å². The van der Waals surface area contributed by atoms with E-state index in [1.807, 2.05) is 0 Å². The molecule has 18 heavy (non-hydrogen) atoms. The lowest BCUT2D eigenvalue weighted by Gasteiger charge is -2.47. The predicted molar refractivity (Wildman–Crippen MR) is 69.1 cm³/mol. The van der Waals surface area contributed by atoms with Gasteiger partial charge in [0, 0.05) is 11.8 Å². The fourth-order valence-electron chi connectivity index (χ4n) is 3.78. The maximum absolute atomic E-state index is 2.50. The fourth-order valence-corrected chi connectivity index (χ4v) is 3.78. The summed E-state index contributed by atoms with van der Waals surface area (Å²) in [6.45, 7) is 5.60. The number of fused-ring (bicyclic) bond motifs is 2. The van der Waals surface area contributed by atoms with Gasteiger partial charge in [0.25, 0.3) is 0 Å². The van der Waals surface area contributed by atoms with Crippen LogP contribution in [0, 0.1) is 11.8 Å². The summed E-state index contributed by atoms with van der Waals surface area (Å²) in [5.41, 5.74) is 0. The first kappa shape index (κ1) is 19.4. The number of halogens is 2. The van der Waals surface area contributed by atoms with Gasteiger partial charge >= 0.3 is 0 Å². The maximum atomic E-state index is 2.50. The molecule has 110 valence electrons. The average Bonchev–Trinajstić information content (AvgIpc) is 2.13. The number of nitrogens with zero attached hydrogens (tertiary/aromatic N) is 2. The molecule has 2 unspecified atom stereocenters. The Bertz CT molecular complexity index is 239. The van der Waals surface area contributed by atoms with Crippen LogP contribution in [-0.4, -0.2) is 63.3 Å². The molecule has 0 N–H and O–H groups in total. The van der Waals surface area contributed by atoms with Gasteiger partial charge in [0.2, 0.25) is 0 Å². The van der Waals surface area contributed by atoms with E-state index in [1.165, 1.54) is 56.3 Å². The van der Waals surface area contributed by atoms with Gasteiger partial charge in [-0.2, -0.15) is 0 Å². The highest BCUT2D eigenvalue weighted by atomic mass is 127. The van der Waals surface area contributed by atoms with Crippen LogP contribution in [-0.2, 0) is 0 Å². The SMILES string of the molecule is C[N+](C)(C)CC[N+]1(C)CC2CCCC(C2)C1.[I-].[I-]. The molecule has 2 nitrogen and oxygen atoms in total. The molecule has 0 aromatic rings. The van der Waals surface area contributed by atoms with Crippen molar-refractivity contribution in [1.82, 2.24) is 0 Å². The molecule has 0 aromatic heterocycles. The maximum Gasteiger partial charge on any atom is 0.128 e. The number of hydrogen-bond acceptors (Lipinski definition) is 0. The van der Waals surface area contributed by atoms with Crippen molar-refractivity contribution in [1.29, 1.82) is 0 Å². The topological polar surface area (TPSA) is 0 Å². The largest absolute Gasteiger partial charge is 1.00 e. The van der Waals surface area contributed by atoms with Gasteiger partial charge in [-0.3, -0.25) is 0 Å². The van der Waals surface area contributed by atoms with Crippen molar-refractivity contribution in [2.75, 3.05) is 54.4 Å². The number of likely N-dealkylation sites (N-methyl/N-ethyl adjacent to an activating group) is 2. The third-order valence-corrected chi connectivity index (χ3v) is 4.60. The van der Waals surface area contributed by atoms with Crippen molar-refractivity contribution < 1.29 is 56.9 Å². The van der Waals surface area contributed by atoms with Crippen molar-refractivity contribution in [3.63, 3.8) is 0 Å². The number of piperidine rings is 1. The van der Waals surface area contributed by atoms with Crippen LogP contribution in [0.3, 0.4) is 0 Å². The Kier molecular flexibility index (Phi) is 7.97. The standard InChI is InChI=1S/C14H30N2.2HI/c1-15(2,3)8-9-16(4)11-13-6-5-7-14(10-13)12-16;;/h13-14H,5-12H2,1-4H3;2*1H/q+2;;/p-2. The second-order valence-corrected chi connectivity index (χ2v) is 7.62. The molecule has 2 rings (SSSR count). The highest BCUT2D eigenvalue weighted by Gasteiger charge is 2.39. The van der Waals surface area contributed by atoms with Gasteiger partial charge in [-0.05, 0) is 19.3 Å². The Labute approximate surface area is 148 Å². The quantitative estimate of drug-likeness (QED) is 0.286. The van der Waals surface area contributed by atoms with Crippen LogP contribution < -0.4 is 48.0 Å². The zero-order chi connectivity index (χ0) is 11.8. The first-order chi connectivity index (χ1) is 7.36. The summed E-state index contributed by atoms with van der Waals surface area (Å²) in [4.78, 5) is 0. The van der Waals surface area contributed by atoms with E-state index < -0.39 is 0 Å².